The average Bonchev–Trinajstić information content (AvgIpc) is 2.79. The predicted octanol–water partition coefficient (Wildman–Crippen LogP) is 1.65. The third kappa shape index (κ3) is 2.36. The van der Waals surface area contributed by atoms with Gasteiger partial charge in [-0.15, -0.1) is 0 Å². The molecular formula is C13H19NO2. The van der Waals surface area contributed by atoms with E-state index in [1.807, 2.05) is 6.07 Å². The summed E-state index contributed by atoms with van der Waals surface area (Å²) in [6, 6.07) is 8.33. The highest BCUT2D eigenvalue weighted by Gasteiger charge is 2.23. The number of ether oxygens (including phenoxy) is 1. The molecule has 16 heavy (non-hydrogen) atoms. The number of methoxy groups -OCH3 is 1. The molecule has 1 heterocycles. The lowest BCUT2D eigenvalue weighted by Crippen LogP contribution is -2.21. The summed E-state index contributed by atoms with van der Waals surface area (Å²) in [5, 5.41) is 9.15. The Balaban J connectivity index is 2.14. The molecule has 3 nitrogen and oxygen atoms in total. The number of benzene rings is 1. The number of hydrogen-bond donors (Lipinski definition) is 1. The van der Waals surface area contributed by atoms with E-state index in [4.69, 9.17) is 9.84 Å². The largest absolute Gasteiger partial charge is 0.396 e. The summed E-state index contributed by atoms with van der Waals surface area (Å²) in [5.74, 6) is 0.426. The molecule has 0 amide bonds. The Morgan fingerprint density at radius 1 is 1.44 bits per heavy atom. The maximum absolute atomic E-state index is 9.15. The van der Waals surface area contributed by atoms with Crippen molar-refractivity contribution in [2.24, 2.45) is 5.92 Å². The first-order valence-corrected chi connectivity index (χ1v) is 5.77. The average molecular weight is 221 g/mol. The van der Waals surface area contributed by atoms with E-state index in [1.165, 1.54) is 11.3 Å². The van der Waals surface area contributed by atoms with Crippen LogP contribution in [0.1, 0.15) is 12.0 Å². The summed E-state index contributed by atoms with van der Waals surface area (Å²) >= 11 is 0. The van der Waals surface area contributed by atoms with Crippen LogP contribution in [0.4, 0.5) is 5.69 Å². The van der Waals surface area contributed by atoms with E-state index in [0.717, 1.165) is 19.5 Å². The molecular weight excluding hydrogens is 202 g/mol. The number of aliphatic hydroxyl groups excluding tert-OH is 1. The molecule has 1 aliphatic rings. The Labute approximate surface area is 96.6 Å². The summed E-state index contributed by atoms with van der Waals surface area (Å²) in [7, 11) is 1.72. The first kappa shape index (κ1) is 11.4. The van der Waals surface area contributed by atoms with E-state index in [2.05, 4.69) is 23.1 Å². The molecule has 1 fully saturated rings. The molecule has 1 aromatic carbocycles. The number of aliphatic hydroxyl groups is 1. The highest BCUT2D eigenvalue weighted by Crippen LogP contribution is 2.27. The van der Waals surface area contributed by atoms with Gasteiger partial charge < -0.3 is 14.7 Å². The lowest BCUT2D eigenvalue weighted by molar-refractivity contribution is 0.185. The molecule has 0 aliphatic carbocycles. The highest BCUT2D eigenvalue weighted by molar-refractivity contribution is 5.54. The van der Waals surface area contributed by atoms with E-state index in [1.54, 1.807) is 7.11 Å². The van der Waals surface area contributed by atoms with E-state index in [-0.39, 0.29) is 0 Å². The molecule has 1 unspecified atom stereocenters. The van der Waals surface area contributed by atoms with Crippen molar-refractivity contribution in [2.75, 3.05) is 31.7 Å². The van der Waals surface area contributed by atoms with Gasteiger partial charge in [0.05, 0.1) is 6.61 Å². The van der Waals surface area contributed by atoms with E-state index in [9.17, 15) is 0 Å². The molecule has 0 spiro atoms. The first-order chi connectivity index (χ1) is 7.85. The second-order valence-corrected chi connectivity index (χ2v) is 4.35. The van der Waals surface area contributed by atoms with Crippen molar-refractivity contribution in [1.29, 1.82) is 0 Å². The highest BCUT2D eigenvalue weighted by atomic mass is 16.5. The van der Waals surface area contributed by atoms with Gasteiger partial charge in [-0.05, 0) is 12.5 Å². The Morgan fingerprint density at radius 3 is 2.94 bits per heavy atom. The quantitative estimate of drug-likeness (QED) is 0.839. The lowest BCUT2D eigenvalue weighted by Gasteiger charge is -2.21. The fourth-order valence-electron chi connectivity index (χ4n) is 2.30. The normalized spacial score (nSPS) is 20.4. The summed E-state index contributed by atoms with van der Waals surface area (Å²) in [6.45, 7) is 2.93. The summed E-state index contributed by atoms with van der Waals surface area (Å²) in [5.41, 5.74) is 2.48. The summed E-state index contributed by atoms with van der Waals surface area (Å²) < 4.78 is 5.21. The smallest absolute Gasteiger partial charge is 0.0733 e. The lowest BCUT2D eigenvalue weighted by atomic mass is 10.1. The fraction of sp³-hybridized carbons (Fsp3) is 0.538. The van der Waals surface area contributed by atoms with Crippen LogP contribution in [0.15, 0.2) is 24.3 Å². The molecule has 1 saturated heterocycles. The standard InChI is InChI=1S/C13H19NO2/c1-16-10-12-4-2-3-5-13(12)14-7-6-11(8-14)9-15/h2-5,11,15H,6-10H2,1H3. The van der Waals surface area contributed by atoms with Crippen LogP contribution in [0.25, 0.3) is 0 Å². The van der Waals surface area contributed by atoms with Gasteiger partial charge in [0.25, 0.3) is 0 Å². The van der Waals surface area contributed by atoms with Gasteiger partial charge in [-0.1, -0.05) is 18.2 Å². The van der Waals surface area contributed by atoms with Crippen molar-refractivity contribution < 1.29 is 9.84 Å². The van der Waals surface area contributed by atoms with Gasteiger partial charge in [-0.3, -0.25) is 0 Å². The van der Waals surface area contributed by atoms with Crippen molar-refractivity contribution in [3.8, 4) is 0 Å². The number of rotatable bonds is 4. The zero-order valence-corrected chi connectivity index (χ0v) is 9.72. The van der Waals surface area contributed by atoms with Crippen LogP contribution in [0.5, 0.6) is 0 Å². The maximum atomic E-state index is 9.15. The molecule has 1 aromatic rings. The zero-order chi connectivity index (χ0) is 11.4. The maximum Gasteiger partial charge on any atom is 0.0733 e. The van der Waals surface area contributed by atoms with Crippen LogP contribution in [0.2, 0.25) is 0 Å². The molecule has 1 atom stereocenters. The number of hydrogen-bond acceptors (Lipinski definition) is 3. The number of nitrogens with zero attached hydrogens (tertiary/aromatic N) is 1. The van der Waals surface area contributed by atoms with Crippen molar-refractivity contribution in [3.63, 3.8) is 0 Å². The minimum Gasteiger partial charge on any atom is -0.396 e. The van der Waals surface area contributed by atoms with Crippen LogP contribution >= 0.6 is 0 Å². The first-order valence-electron chi connectivity index (χ1n) is 5.77. The molecule has 0 bridgehead atoms. The van der Waals surface area contributed by atoms with E-state index >= 15 is 0 Å². The predicted molar refractivity (Wildman–Crippen MR) is 64.6 cm³/mol. The number of para-hydroxylation sites is 1. The van der Waals surface area contributed by atoms with Crippen LogP contribution in [-0.2, 0) is 11.3 Å². The molecule has 3 heteroatoms. The minimum absolute atomic E-state index is 0.295. The van der Waals surface area contributed by atoms with Crippen molar-refractivity contribution >= 4 is 5.69 Å². The van der Waals surface area contributed by atoms with Gasteiger partial charge in [-0.2, -0.15) is 0 Å². The van der Waals surface area contributed by atoms with Crippen molar-refractivity contribution in [3.05, 3.63) is 29.8 Å². The third-order valence-corrected chi connectivity index (χ3v) is 3.18. The third-order valence-electron chi connectivity index (χ3n) is 3.18. The van der Waals surface area contributed by atoms with Gasteiger partial charge in [0.2, 0.25) is 0 Å². The SMILES string of the molecule is COCc1ccccc1N1CCC(CO)C1. The molecule has 0 aromatic heterocycles. The van der Waals surface area contributed by atoms with Crippen molar-refractivity contribution in [1.82, 2.24) is 0 Å². The van der Waals surface area contributed by atoms with Gasteiger partial charge in [-0.25, -0.2) is 0 Å². The fourth-order valence-corrected chi connectivity index (χ4v) is 2.30. The topological polar surface area (TPSA) is 32.7 Å². The second-order valence-electron chi connectivity index (χ2n) is 4.35. The van der Waals surface area contributed by atoms with Crippen LogP contribution in [0.3, 0.4) is 0 Å². The minimum atomic E-state index is 0.295. The number of anilines is 1. The zero-order valence-electron chi connectivity index (χ0n) is 9.72. The van der Waals surface area contributed by atoms with Gasteiger partial charge in [0, 0.05) is 44.0 Å². The summed E-state index contributed by atoms with van der Waals surface area (Å²) in [4.78, 5) is 2.34. The molecule has 1 aliphatic heterocycles. The molecule has 0 saturated carbocycles. The van der Waals surface area contributed by atoms with Crippen LogP contribution in [-0.4, -0.2) is 31.9 Å². The van der Waals surface area contributed by atoms with E-state index in [0.29, 0.717) is 19.1 Å². The Kier molecular flexibility index (Phi) is 3.80. The van der Waals surface area contributed by atoms with Crippen LogP contribution in [0, 0.1) is 5.92 Å². The van der Waals surface area contributed by atoms with Gasteiger partial charge >= 0.3 is 0 Å². The van der Waals surface area contributed by atoms with Gasteiger partial charge in [0.15, 0.2) is 0 Å². The van der Waals surface area contributed by atoms with Crippen LogP contribution < -0.4 is 4.90 Å². The molecule has 1 N–H and O–H groups in total. The molecule has 2 rings (SSSR count). The molecule has 88 valence electrons. The second kappa shape index (κ2) is 5.32. The Hall–Kier alpha value is -1.06. The Bertz CT molecular complexity index is 340. The Morgan fingerprint density at radius 2 is 2.25 bits per heavy atom. The summed E-state index contributed by atoms with van der Waals surface area (Å²) in [6.07, 6.45) is 1.08. The molecule has 0 radical (unpaired) electrons. The van der Waals surface area contributed by atoms with Crippen molar-refractivity contribution in [2.45, 2.75) is 13.0 Å². The monoisotopic (exact) mass is 221 g/mol. The van der Waals surface area contributed by atoms with E-state index < -0.39 is 0 Å². The van der Waals surface area contributed by atoms with Gasteiger partial charge in [0.1, 0.15) is 0 Å².